The standard InChI is InChI=1S/C20H18F6N2O3S/c21-19(22,23)13-8-12(9-14(11-13)20(24,25)26)10-17(29)28-16(18(27)30)6-7-32(31)15-4-2-1-3-5-15/h1-5,8-9,11,16H,6-7,10H2,(H2,27,30)(H,28,29)/t16-,32-/m1/s1. The van der Waals surface area contributed by atoms with Gasteiger partial charge in [-0.05, 0) is 42.3 Å². The van der Waals surface area contributed by atoms with Crippen molar-refractivity contribution in [3.8, 4) is 0 Å². The molecule has 174 valence electrons. The lowest BCUT2D eigenvalue weighted by atomic mass is 10.0. The van der Waals surface area contributed by atoms with Crippen molar-refractivity contribution in [2.24, 2.45) is 5.73 Å². The second kappa shape index (κ2) is 10.2. The third-order valence-electron chi connectivity index (χ3n) is 4.29. The van der Waals surface area contributed by atoms with E-state index in [9.17, 15) is 40.1 Å². The van der Waals surface area contributed by atoms with E-state index in [1.165, 1.54) is 0 Å². The number of benzene rings is 2. The zero-order chi connectivity index (χ0) is 24.1. The number of nitrogens with one attached hydrogen (secondary N) is 1. The van der Waals surface area contributed by atoms with Crippen molar-refractivity contribution in [3.05, 3.63) is 65.2 Å². The molecule has 12 heteroatoms. The number of amides is 2. The molecule has 2 atom stereocenters. The molecule has 0 spiro atoms. The minimum atomic E-state index is -5.05. The van der Waals surface area contributed by atoms with E-state index < -0.39 is 64.1 Å². The summed E-state index contributed by atoms with van der Waals surface area (Å²) in [6.45, 7) is 0. The van der Waals surface area contributed by atoms with Crippen molar-refractivity contribution in [1.29, 1.82) is 0 Å². The Morgan fingerprint density at radius 2 is 1.47 bits per heavy atom. The minimum Gasteiger partial charge on any atom is -0.368 e. The Labute approximate surface area is 181 Å². The Bertz CT molecular complexity index is 961. The molecule has 0 aromatic heterocycles. The highest BCUT2D eigenvalue weighted by molar-refractivity contribution is 7.85. The van der Waals surface area contributed by atoms with Crippen LogP contribution in [0.25, 0.3) is 0 Å². The first-order chi connectivity index (χ1) is 14.8. The molecule has 0 heterocycles. The fourth-order valence-electron chi connectivity index (χ4n) is 2.75. The van der Waals surface area contributed by atoms with Gasteiger partial charge in [-0.1, -0.05) is 18.2 Å². The van der Waals surface area contributed by atoms with E-state index >= 15 is 0 Å². The van der Waals surface area contributed by atoms with Crippen molar-refractivity contribution in [1.82, 2.24) is 5.32 Å². The van der Waals surface area contributed by atoms with E-state index in [1.807, 2.05) is 0 Å². The maximum Gasteiger partial charge on any atom is 0.416 e. The number of halogens is 6. The van der Waals surface area contributed by atoms with E-state index in [-0.39, 0.29) is 18.2 Å². The van der Waals surface area contributed by atoms with Crippen LogP contribution in [0, 0.1) is 0 Å². The van der Waals surface area contributed by atoms with Gasteiger partial charge in [-0.2, -0.15) is 26.3 Å². The van der Waals surface area contributed by atoms with E-state index in [1.54, 1.807) is 30.3 Å². The Morgan fingerprint density at radius 3 is 1.94 bits per heavy atom. The van der Waals surface area contributed by atoms with Crippen molar-refractivity contribution >= 4 is 22.6 Å². The highest BCUT2D eigenvalue weighted by Crippen LogP contribution is 2.36. The van der Waals surface area contributed by atoms with Crippen molar-refractivity contribution in [2.75, 3.05) is 5.75 Å². The van der Waals surface area contributed by atoms with Gasteiger partial charge >= 0.3 is 12.4 Å². The number of primary amides is 1. The molecule has 32 heavy (non-hydrogen) atoms. The number of nitrogens with two attached hydrogens (primary N) is 1. The molecule has 0 radical (unpaired) electrons. The molecule has 2 rings (SSSR count). The van der Waals surface area contributed by atoms with Gasteiger partial charge in [0.2, 0.25) is 11.8 Å². The molecule has 2 amide bonds. The Morgan fingerprint density at radius 1 is 0.938 bits per heavy atom. The summed E-state index contributed by atoms with van der Waals surface area (Å²) >= 11 is 0. The summed E-state index contributed by atoms with van der Waals surface area (Å²) in [6.07, 6.45) is -11.1. The molecule has 2 aromatic carbocycles. The van der Waals surface area contributed by atoms with E-state index in [4.69, 9.17) is 5.73 Å². The lowest BCUT2D eigenvalue weighted by Gasteiger charge is -2.17. The highest BCUT2D eigenvalue weighted by atomic mass is 32.2. The lowest BCUT2D eigenvalue weighted by molar-refractivity contribution is -0.143. The zero-order valence-electron chi connectivity index (χ0n) is 16.3. The molecule has 5 nitrogen and oxygen atoms in total. The molecule has 0 bridgehead atoms. The fraction of sp³-hybridized carbons (Fsp3) is 0.300. The molecular weight excluding hydrogens is 462 g/mol. The minimum absolute atomic E-state index is 0.0491. The van der Waals surface area contributed by atoms with Crippen LogP contribution in [0.4, 0.5) is 26.3 Å². The smallest absolute Gasteiger partial charge is 0.368 e. The first kappa shape index (κ1) is 25.4. The van der Waals surface area contributed by atoms with E-state index in [0.29, 0.717) is 17.0 Å². The van der Waals surface area contributed by atoms with Gasteiger partial charge in [0.15, 0.2) is 0 Å². The molecule has 3 N–H and O–H groups in total. The van der Waals surface area contributed by atoms with Crippen LogP contribution in [0.2, 0.25) is 0 Å². The van der Waals surface area contributed by atoms with Crippen LogP contribution in [0.1, 0.15) is 23.1 Å². The number of alkyl halides is 6. The van der Waals surface area contributed by atoms with Gasteiger partial charge in [0, 0.05) is 10.6 Å². The topological polar surface area (TPSA) is 89.3 Å². The number of carbonyl (C=O) groups is 2. The molecule has 0 aliphatic heterocycles. The fourth-order valence-corrected chi connectivity index (χ4v) is 3.90. The zero-order valence-corrected chi connectivity index (χ0v) is 17.1. The Balaban J connectivity index is 2.11. The maximum absolute atomic E-state index is 12.9. The quantitative estimate of drug-likeness (QED) is 0.568. The normalized spacial score (nSPS) is 13.9. The number of carbonyl (C=O) groups excluding carboxylic acids is 2. The van der Waals surface area contributed by atoms with Crippen molar-refractivity contribution < 1.29 is 40.1 Å². The third kappa shape index (κ3) is 7.36. The second-order valence-electron chi connectivity index (χ2n) is 6.76. The first-order valence-electron chi connectivity index (χ1n) is 9.08. The SMILES string of the molecule is NC(=O)[C@@H](CC[S@@](=O)c1ccccc1)NC(=O)Cc1cc(C(F)(F)F)cc(C(F)(F)F)c1. The van der Waals surface area contributed by atoms with Gasteiger partial charge in [-0.3, -0.25) is 13.8 Å². The third-order valence-corrected chi connectivity index (χ3v) is 5.69. The number of hydrogen-bond donors (Lipinski definition) is 2. The Hall–Kier alpha value is -2.89. The summed E-state index contributed by atoms with van der Waals surface area (Å²) in [4.78, 5) is 24.3. The predicted octanol–water partition coefficient (Wildman–Crippen LogP) is 3.43. The molecule has 0 fully saturated rings. The van der Waals surface area contributed by atoms with Crippen LogP contribution in [-0.2, 0) is 39.2 Å². The van der Waals surface area contributed by atoms with Crippen LogP contribution < -0.4 is 11.1 Å². The molecule has 0 unspecified atom stereocenters. The first-order valence-corrected chi connectivity index (χ1v) is 10.4. The molecular formula is C20H18F6N2O3S. The lowest BCUT2D eigenvalue weighted by Crippen LogP contribution is -2.45. The summed E-state index contributed by atoms with van der Waals surface area (Å²) in [5, 5.41) is 2.18. The summed E-state index contributed by atoms with van der Waals surface area (Å²) in [7, 11) is -1.51. The van der Waals surface area contributed by atoms with Gasteiger partial charge in [0.05, 0.1) is 28.3 Å². The molecule has 2 aromatic rings. The van der Waals surface area contributed by atoms with E-state index in [2.05, 4.69) is 5.32 Å². The molecule has 0 aliphatic carbocycles. The average Bonchev–Trinajstić information content (AvgIpc) is 2.69. The Kier molecular flexibility index (Phi) is 8.05. The summed E-state index contributed by atoms with van der Waals surface area (Å²) in [5.41, 5.74) is 1.56. The highest BCUT2D eigenvalue weighted by Gasteiger charge is 2.37. The van der Waals surface area contributed by atoms with E-state index in [0.717, 1.165) is 0 Å². The number of hydrogen-bond acceptors (Lipinski definition) is 3. The maximum atomic E-state index is 12.9. The van der Waals surface area contributed by atoms with Crippen LogP contribution in [0.3, 0.4) is 0 Å². The van der Waals surface area contributed by atoms with Crippen LogP contribution >= 0.6 is 0 Å². The van der Waals surface area contributed by atoms with Crippen LogP contribution in [-0.4, -0.2) is 27.8 Å². The average molecular weight is 480 g/mol. The second-order valence-corrected chi connectivity index (χ2v) is 8.34. The van der Waals surface area contributed by atoms with Crippen molar-refractivity contribution in [3.63, 3.8) is 0 Å². The van der Waals surface area contributed by atoms with Crippen LogP contribution in [0.5, 0.6) is 0 Å². The molecule has 0 saturated heterocycles. The molecule has 0 saturated carbocycles. The molecule has 0 aliphatic rings. The predicted molar refractivity (Wildman–Crippen MR) is 104 cm³/mol. The van der Waals surface area contributed by atoms with Gasteiger partial charge in [-0.25, -0.2) is 0 Å². The summed E-state index contributed by atoms with van der Waals surface area (Å²) < 4.78 is 89.9. The summed E-state index contributed by atoms with van der Waals surface area (Å²) in [6, 6.07) is 7.73. The van der Waals surface area contributed by atoms with Gasteiger partial charge < -0.3 is 11.1 Å². The van der Waals surface area contributed by atoms with Crippen molar-refractivity contribution in [2.45, 2.75) is 36.1 Å². The van der Waals surface area contributed by atoms with Crippen LogP contribution in [0.15, 0.2) is 53.4 Å². The largest absolute Gasteiger partial charge is 0.416 e. The van der Waals surface area contributed by atoms with Gasteiger partial charge in [0.1, 0.15) is 6.04 Å². The van der Waals surface area contributed by atoms with Gasteiger partial charge in [0.25, 0.3) is 0 Å². The summed E-state index contributed by atoms with van der Waals surface area (Å²) in [5.74, 6) is -2.05. The van der Waals surface area contributed by atoms with Gasteiger partial charge in [-0.15, -0.1) is 0 Å². The number of rotatable bonds is 8. The monoisotopic (exact) mass is 480 g/mol.